The molecule has 0 aromatic heterocycles. The maximum Gasteiger partial charge on any atom is 0.306 e. The van der Waals surface area contributed by atoms with Crippen molar-refractivity contribution >= 4 is 13.8 Å². The van der Waals surface area contributed by atoms with E-state index in [0.717, 1.165) is 64.2 Å². The minimum absolute atomic E-state index is 0.0207. The SMILES string of the molecule is CCCCCC/C=C\C/C=C\CCCCCCCCCCOCC(COP(=O)([O-])OCC[N+](C)(C)C)OC(=O)CCCCCCC/C=C\C/C=C\CCCCCC. The highest BCUT2D eigenvalue weighted by molar-refractivity contribution is 7.45. The molecule has 0 aromatic carbocycles. The number of quaternary nitrogens is 1. The summed E-state index contributed by atoms with van der Waals surface area (Å²) >= 11 is 0. The Morgan fingerprint density at radius 1 is 0.544 bits per heavy atom. The monoisotopic (exact) mass is 824 g/mol. The van der Waals surface area contributed by atoms with Gasteiger partial charge in [-0.05, 0) is 77.0 Å². The predicted octanol–water partition coefficient (Wildman–Crippen LogP) is 13.3. The fourth-order valence-corrected chi connectivity index (χ4v) is 6.92. The van der Waals surface area contributed by atoms with Crippen molar-refractivity contribution in [2.24, 2.45) is 0 Å². The number of phosphoric acid groups is 1. The number of ether oxygens (including phenoxy) is 2. The van der Waals surface area contributed by atoms with Crippen LogP contribution in [0.3, 0.4) is 0 Å². The summed E-state index contributed by atoms with van der Waals surface area (Å²) in [5.41, 5.74) is 0. The first-order chi connectivity index (χ1) is 27.6. The number of carbonyl (C=O) groups is 1. The van der Waals surface area contributed by atoms with Crippen LogP contribution in [-0.2, 0) is 27.9 Å². The molecule has 0 spiro atoms. The van der Waals surface area contributed by atoms with Crippen molar-refractivity contribution in [3.05, 3.63) is 48.6 Å². The lowest BCUT2D eigenvalue weighted by molar-refractivity contribution is -0.870. The number of nitrogens with zero attached hydrogens (tertiary/aromatic N) is 1. The molecule has 0 aliphatic rings. The van der Waals surface area contributed by atoms with Crippen molar-refractivity contribution in [3.8, 4) is 0 Å². The van der Waals surface area contributed by atoms with Gasteiger partial charge in [-0.2, -0.15) is 0 Å². The molecule has 2 unspecified atom stereocenters. The summed E-state index contributed by atoms with van der Waals surface area (Å²) < 4.78 is 34.6. The van der Waals surface area contributed by atoms with Crippen LogP contribution < -0.4 is 4.89 Å². The first-order valence-electron chi connectivity index (χ1n) is 23.4. The Morgan fingerprint density at radius 2 is 0.965 bits per heavy atom. The van der Waals surface area contributed by atoms with E-state index in [0.29, 0.717) is 24.1 Å². The first-order valence-corrected chi connectivity index (χ1v) is 24.8. The topological polar surface area (TPSA) is 94.1 Å². The lowest BCUT2D eigenvalue weighted by Gasteiger charge is -2.28. The molecule has 0 saturated carbocycles. The van der Waals surface area contributed by atoms with Gasteiger partial charge < -0.3 is 27.9 Å². The van der Waals surface area contributed by atoms with Gasteiger partial charge in [0, 0.05) is 13.0 Å². The van der Waals surface area contributed by atoms with E-state index in [1.54, 1.807) is 0 Å². The van der Waals surface area contributed by atoms with E-state index < -0.39 is 13.9 Å². The van der Waals surface area contributed by atoms with Gasteiger partial charge in [-0.15, -0.1) is 0 Å². The Bertz CT molecular complexity index is 1050. The van der Waals surface area contributed by atoms with Crippen LogP contribution in [0.2, 0.25) is 0 Å². The highest BCUT2D eigenvalue weighted by atomic mass is 31.2. The van der Waals surface area contributed by atoms with Crippen molar-refractivity contribution in [1.29, 1.82) is 0 Å². The summed E-state index contributed by atoms with van der Waals surface area (Å²) in [4.78, 5) is 25.1. The second kappa shape index (κ2) is 41.2. The van der Waals surface area contributed by atoms with E-state index in [-0.39, 0.29) is 25.8 Å². The predicted molar refractivity (Wildman–Crippen MR) is 240 cm³/mol. The molecule has 0 aromatic rings. The number of rotatable bonds is 43. The minimum Gasteiger partial charge on any atom is -0.756 e. The van der Waals surface area contributed by atoms with Crippen LogP contribution >= 0.6 is 7.82 Å². The van der Waals surface area contributed by atoms with Crippen LogP contribution in [0.1, 0.15) is 194 Å². The summed E-state index contributed by atoms with van der Waals surface area (Å²) in [5.74, 6) is -0.350. The van der Waals surface area contributed by atoms with Gasteiger partial charge in [0.05, 0.1) is 34.4 Å². The van der Waals surface area contributed by atoms with Crippen molar-refractivity contribution in [2.45, 2.75) is 200 Å². The standard InChI is InChI=1S/C48H90NO7P/c1-6-8-10-12-14-16-18-20-22-24-25-26-28-30-32-34-36-38-40-43-53-45-47(46-55-57(51,52)54-44-42-49(3,4)5)56-48(50)41-39-37-35-33-31-29-27-23-21-19-17-15-13-11-9-7-2/h16-19,22-24,27,47H,6-15,20-21,25-26,28-46H2,1-5H3/b18-16-,19-17-,24-22-,27-23-. The Hall–Kier alpha value is -1.54. The van der Waals surface area contributed by atoms with E-state index in [1.165, 1.54) is 109 Å². The summed E-state index contributed by atoms with van der Waals surface area (Å²) in [7, 11) is 1.34. The highest BCUT2D eigenvalue weighted by Gasteiger charge is 2.20. The zero-order valence-electron chi connectivity index (χ0n) is 37.8. The highest BCUT2D eigenvalue weighted by Crippen LogP contribution is 2.38. The molecule has 0 rings (SSSR count). The zero-order valence-corrected chi connectivity index (χ0v) is 38.7. The molecule has 0 saturated heterocycles. The molecule has 0 bridgehead atoms. The molecule has 57 heavy (non-hydrogen) atoms. The maximum absolute atomic E-state index is 12.7. The number of hydrogen-bond acceptors (Lipinski definition) is 7. The van der Waals surface area contributed by atoms with Gasteiger partial charge in [-0.1, -0.05) is 159 Å². The smallest absolute Gasteiger partial charge is 0.306 e. The number of carbonyl (C=O) groups excluding carboxylic acids is 1. The van der Waals surface area contributed by atoms with Crippen LogP contribution in [0.4, 0.5) is 0 Å². The van der Waals surface area contributed by atoms with E-state index in [4.69, 9.17) is 18.5 Å². The van der Waals surface area contributed by atoms with E-state index >= 15 is 0 Å². The minimum atomic E-state index is -4.53. The number of allylic oxidation sites excluding steroid dienone is 8. The van der Waals surface area contributed by atoms with Gasteiger partial charge in [0.15, 0.2) is 0 Å². The van der Waals surface area contributed by atoms with E-state index in [2.05, 4.69) is 62.5 Å². The van der Waals surface area contributed by atoms with Gasteiger partial charge in [0.2, 0.25) is 0 Å². The average molecular weight is 824 g/mol. The molecular weight excluding hydrogens is 734 g/mol. The normalized spacial score (nSPS) is 14.1. The molecular formula is C48H90NO7P. The third-order valence-corrected chi connectivity index (χ3v) is 10.8. The Labute approximate surface area is 352 Å². The van der Waals surface area contributed by atoms with Gasteiger partial charge in [-0.3, -0.25) is 9.36 Å². The lowest BCUT2D eigenvalue weighted by Crippen LogP contribution is -2.37. The van der Waals surface area contributed by atoms with Gasteiger partial charge in [0.1, 0.15) is 19.3 Å². The van der Waals surface area contributed by atoms with Crippen molar-refractivity contribution in [3.63, 3.8) is 0 Å². The number of hydrogen-bond donors (Lipinski definition) is 0. The number of esters is 1. The van der Waals surface area contributed by atoms with Crippen LogP contribution in [0.25, 0.3) is 0 Å². The molecule has 0 amide bonds. The molecule has 0 aliphatic carbocycles. The molecule has 9 heteroatoms. The van der Waals surface area contributed by atoms with Crippen LogP contribution in [0.15, 0.2) is 48.6 Å². The molecule has 8 nitrogen and oxygen atoms in total. The van der Waals surface area contributed by atoms with Crippen LogP contribution in [-0.4, -0.2) is 70.7 Å². The van der Waals surface area contributed by atoms with Gasteiger partial charge >= 0.3 is 5.97 Å². The van der Waals surface area contributed by atoms with Gasteiger partial charge in [0.25, 0.3) is 7.82 Å². The molecule has 2 atom stereocenters. The quantitative estimate of drug-likeness (QED) is 0.0199. The number of phosphoric ester groups is 1. The molecule has 0 heterocycles. The summed E-state index contributed by atoms with van der Waals surface area (Å²) in [6, 6.07) is 0. The number of likely N-dealkylation sites (N-methyl/N-ethyl adjacent to an activating group) is 1. The van der Waals surface area contributed by atoms with E-state index in [9.17, 15) is 14.3 Å². The Kier molecular flexibility index (Phi) is 40.1. The zero-order chi connectivity index (χ0) is 42.0. The fraction of sp³-hybridized carbons (Fsp3) is 0.812. The Balaban J connectivity index is 4.24. The Morgan fingerprint density at radius 3 is 1.42 bits per heavy atom. The number of unbranched alkanes of at least 4 members (excludes halogenated alkanes) is 21. The van der Waals surface area contributed by atoms with Crippen molar-refractivity contribution < 1.29 is 37.3 Å². The second-order valence-electron chi connectivity index (χ2n) is 16.8. The molecule has 0 fully saturated rings. The third-order valence-electron chi connectivity index (χ3n) is 9.85. The molecule has 0 radical (unpaired) electrons. The van der Waals surface area contributed by atoms with Crippen molar-refractivity contribution in [1.82, 2.24) is 0 Å². The summed E-state index contributed by atoms with van der Waals surface area (Å²) in [6.45, 7) is 5.35. The van der Waals surface area contributed by atoms with E-state index in [1.807, 2.05) is 21.1 Å². The lowest BCUT2D eigenvalue weighted by atomic mass is 10.1. The average Bonchev–Trinajstić information content (AvgIpc) is 3.16. The second-order valence-corrected chi connectivity index (χ2v) is 18.2. The largest absolute Gasteiger partial charge is 0.756 e. The third kappa shape index (κ3) is 45.4. The first kappa shape index (κ1) is 55.5. The van der Waals surface area contributed by atoms with Crippen molar-refractivity contribution in [2.75, 3.05) is 54.1 Å². The summed E-state index contributed by atoms with van der Waals surface area (Å²) in [6.07, 6.45) is 49.8. The summed E-state index contributed by atoms with van der Waals surface area (Å²) in [5, 5.41) is 0. The molecule has 0 aliphatic heterocycles. The molecule has 334 valence electrons. The maximum atomic E-state index is 12.7. The van der Waals surface area contributed by atoms with Crippen LogP contribution in [0.5, 0.6) is 0 Å². The molecule has 0 N–H and O–H groups in total. The fourth-order valence-electron chi connectivity index (χ4n) is 6.19. The van der Waals surface area contributed by atoms with Crippen LogP contribution in [0, 0.1) is 0 Å². The van der Waals surface area contributed by atoms with Gasteiger partial charge in [-0.25, -0.2) is 0 Å².